The highest BCUT2D eigenvalue weighted by atomic mass is 16.5. The molecule has 0 N–H and O–H groups in total. The lowest BCUT2D eigenvalue weighted by atomic mass is 9.97. The summed E-state index contributed by atoms with van der Waals surface area (Å²) in [5.74, 6) is 0.222. The first-order valence-electron chi connectivity index (χ1n) is 11.4. The quantitative estimate of drug-likeness (QED) is 0.659. The van der Waals surface area contributed by atoms with Gasteiger partial charge in [-0.05, 0) is 80.1 Å². The van der Waals surface area contributed by atoms with Gasteiger partial charge in [-0.25, -0.2) is 4.79 Å². The first kappa shape index (κ1) is 21.6. The molecule has 5 heteroatoms. The predicted octanol–water partition coefficient (Wildman–Crippen LogP) is 4.16. The Balaban J connectivity index is 1.31. The normalized spacial score (nSPS) is 19.4. The maximum atomic E-state index is 13.0. The molecular weight excluding hydrogens is 388 g/mol. The van der Waals surface area contributed by atoms with Gasteiger partial charge in [0.05, 0.1) is 12.7 Å². The van der Waals surface area contributed by atoms with E-state index in [2.05, 4.69) is 17.0 Å². The molecule has 2 aromatic rings. The van der Waals surface area contributed by atoms with E-state index < -0.39 is 0 Å². The first-order valence-corrected chi connectivity index (χ1v) is 11.4. The molecular formula is C26H32N2O3. The topological polar surface area (TPSA) is 49.9 Å². The van der Waals surface area contributed by atoms with Gasteiger partial charge in [0.1, 0.15) is 0 Å². The zero-order chi connectivity index (χ0) is 21.6. The molecule has 0 bridgehead atoms. The number of nitrogens with zero attached hydrogens (tertiary/aromatic N) is 2. The average Bonchev–Trinajstić information content (AvgIpc) is 3.28. The van der Waals surface area contributed by atoms with Crippen LogP contribution in [-0.2, 0) is 17.7 Å². The van der Waals surface area contributed by atoms with E-state index in [1.165, 1.54) is 45.0 Å². The van der Waals surface area contributed by atoms with Gasteiger partial charge in [-0.2, -0.15) is 0 Å². The monoisotopic (exact) mass is 420 g/mol. The fourth-order valence-corrected chi connectivity index (χ4v) is 4.77. The van der Waals surface area contributed by atoms with Crippen molar-refractivity contribution in [1.82, 2.24) is 9.80 Å². The highest BCUT2D eigenvalue weighted by Crippen LogP contribution is 2.23. The van der Waals surface area contributed by atoms with Crippen LogP contribution in [0.3, 0.4) is 0 Å². The Kier molecular flexibility index (Phi) is 7.03. The standard InChI is InChI=1S/C26H32N2O3/c1-31-26(30)24-7-5-6-21(17-24)16-22-12-15-28(19-22)25(29)23-10-8-20(9-11-23)18-27-13-3-2-4-14-27/h5-11,17,22H,2-4,12-16,18-19H2,1H3. The van der Waals surface area contributed by atoms with Crippen molar-refractivity contribution >= 4 is 11.9 Å². The molecule has 2 fully saturated rings. The maximum Gasteiger partial charge on any atom is 0.337 e. The molecule has 0 spiro atoms. The molecule has 1 atom stereocenters. The van der Waals surface area contributed by atoms with Crippen molar-refractivity contribution in [2.75, 3.05) is 33.3 Å². The van der Waals surface area contributed by atoms with Crippen molar-refractivity contribution in [3.8, 4) is 0 Å². The number of esters is 1. The number of carbonyl (C=O) groups excluding carboxylic acids is 2. The lowest BCUT2D eigenvalue weighted by molar-refractivity contribution is 0.0600. The third-order valence-corrected chi connectivity index (χ3v) is 6.50. The van der Waals surface area contributed by atoms with Crippen LogP contribution in [0.15, 0.2) is 48.5 Å². The smallest absolute Gasteiger partial charge is 0.337 e. The molecule has 2 aliphatic heterocycles. The number of carbonyl (C=O) groups is 2. The summed E-state index contributed by atoms with van der Waals surface area (Å²) in [6.07, 6.45) is 5.78. The lowest BCUT2D eigenvalue weighted by Crippen LogP contribution is -2.30. The molecule has 2 aliphatic rings. The van der Waals surface area contributed by atoms with Crippen LogP contribution in [0.4, 0.5) is 0 Å². The SMILES string of the molecule is COC(=O)c1cccc(CC2CCN(C(=O)c3ccc(CN4CCCCC4)cc3)C2)c1. The van der Waals surface area contributed by atoms with Crippen LogP contribution in [0.1, 0.15) is 57.5 Å². The van der Waals surface area contributed by atoms with Gasteiger partial charge in [0.2, 0.25) is 0 Å². The van der Waals surface area contributed by atoms with Gasteiger partial charge in [-0.1, -0.05) is 30.7 Å². The molecule has 0 radical (unpaired) electrons. The van der Waals surface area contributed by atoms with Gasteiger partial charge >= 0.3 is 5.97 Å². The molecule has 0 aliphatic carbocycles. The zero-order valence-corrected chi connectivity index (χ0v) is 18.4. The molecule has 2 heterocycles. The Hall–Kier alpha value is -2.66. The number of piperidine rings is 1. The third-order valence-electron chi connectivity index (χ3n) is 6.50. The van der Waals surface area contributed by atoms with E-state index in [0.29, 0.717) is 11.5 Å². The predicted molar refractivity (Wildman–Crippen MR) is 121 cm³/mol. The van der Waals surface area contributed by atoms with Crippen LogP contribution >= 0.6 is 0 Å². The van der Waals surface area contributed by atoms with Crippen LogP contribution in [0, 0.1) is 5.92 Å². The molecule has 5 nitrogen and oxygen atoms in total. The van der Waals surface area contributed by atoms with Gasteiger partial charge in [0, 0.05) is 25.2 Å². The van der Waals surface area contributed by atoms with Gasteiger partial charge in [-0.15, -0.1) is 0 Å². The summed E-state index contributed by atoms with van der Waals surface area (Å²) >= 11 is 0. The van der Waals surface area contributed by atoms with Gasteiger partial charge in [-0.3, -0.25) is 9.69 Å². The molecule has 0 aromatic heterocycles. The number of benzene rings is 2. The number of hydrogen-bond acceptors (Lipinski definition) is 4. The van der Waals surface area contributed by atoms with E-state index >= 15 is 0 Å². The fourth-order valence-electron chi connectivity index (χ4n) is 4.77. The summed E-state index contributed by atoms with van der Waals surface area (Å²) in [6.45, 7) is 4.88. The van der Waals surface area contributed by atoms with Crippen LogP contribution in [0.2, 0.25) is 0 Å². The second-order valence-corrected chi connectivity index (χ2v) is 8.84. The minimum atomic E-state index is -0.311. The van der Waals surface area contributed by atoms with Crippen LogP contribution in [0.5, 0.6) is 0 Å². The second kappa shape index (κ2) is 10.1. The number of rotatable bonds is 6. The average molecular weight is 421 g/mol. The van der Waals surface area contributed by atoms with Crippen molar-refractivity contribution in [2.45, 2.75) is 38.6 Å². The van der Waals surface area contributed by atoms with Crippen LogP contribution < -0.4 is 0 Å². The summed E-state index contributed by atoms with van der Waals surface area (Å²) in [6, 6.07) is 15.8. The van der Waals surface area contributed by atoms with E-state index in [-0.39, 0.29) is 11.9 Å². The van der Waals surface area contributed by atoms with E-state index in [0.717, 1.165) is 43.6 Å². The number of methoxy groups -OCH3 is 1. The molecule has 0 saturated carbocycles. The number of likely N-dealkylation sites (tertiary alicyclic amines) is 2. The van der Waals surface area contributed by atoms with Gasteiger partial charge < -0.3 is 9.64 Å². The summed E-state index contributed by atoms with van der Waals surface area (Å²) in [5.41, 5.74) is 3.75. The van der Waals surface area contributed by atoms with Crippen molar-refractivity contribution in [1.29, 1.82) is 0 Å². The molecule has 2 aromatic carbocycles. The van der Waals surface area contributed by atoms with Crippen LogP contribution in [0.25, 0.3) is 0 Å². The second-order valence-electron chi connectivity index (χ2n) is 8.84. The Morgan fingerprint density at radius 2 is 1.71 bits per heavy atom. The van der Waals surface area contributed by atoms with E-state index in [1.54, 1.807) is 6.07 Å². The number of hydrogen-bond donors (Lipinski definition) is 0. The zero-order valence-electron chi connectivity index (χ0n) is 18.4. The summed E-state index contributed by atoms with van der Waals surface area (Å²) in [4.78, 5) is 29.2. The van der Waals surface area contributed by atoms with E-state index in [4.69, 9.17) is 4.74 Å². The summed E-state index contributed by atoms with van der Waals surface area (Å²) < 4.78 is 4.82. The summed E-state index contributed by atoms with van der Waals surface area (Å²) in [7, 11) is 1.40. The number of amides is 1. The molecule has 1 amide bonds. The minimum Gasteiger partial charge on any atom is -0.465 e. The highest BCUT2D eigenvalue weighted by molar-refractivity contribution is 5.94. The van der Waals surface area contributed by atoms with Crippen LogP contribution in [-0.4, -0.2) is 55.0 Å². The highest BCUT2D eigenvalue weighted by Gasteiger charge is 2.27. The van der Waals surface area contributed by atoms with Crippen molar-refractivity contribution in [2.24, 2.45) is 5.92 Å². The first-order chi connectivity index (χ1) is 15.1. The maximum absolute atomic E-state index is 13.0. The molecule has 1 unspecified atom stereocenters. The Bertz CT molecular complexity index is 903. The third kappa shape index (κ3) is 5.53. The Labute approximate surface area is 185 Å². The molecule has 164 valence electrons. The van der Waals surface area contributed by atoms with Crippen molar-refractivity contribution in [3.05, 3.63) is 70.8 Å². The van der Waals surface area contributed by atoms with Crippen molar-refractivity contribution < 1.29 is 14.3 Å². The minimum absolute atomic E-state index is 0.121. The van der Waals surface area contributed by atoms with Gasteiger partial charge in [0.15, 0.2) is 0 Å². The molecule has 31 heavy (non-hydrogen) atoms. The van der Waals surface area contributed by atoms with Crippen molar-refractivity contribution in [3.63, 3.8) is 0 Å². The summed E-state index contributed by atoms with van der Waals surface area (Å²) in [5, 5.41) is 0. The molecule has 2 saturated heterocycles. The molecule has 4 rings (SSSR count). The van der Waals surface area contributed by atoms with E-state index in [9.17, 15) is 9.59 Å². The lowest BCUT2D eigenvalue weighted by Gasteiger charge is -2.26. The van der Waals surface area contributed by atoms with Gasteiger partial charge in [0.25, 0.3) is 5.91 Å². The Morgan fingerprint density at radius 1 is 0.935 bits per heavy atom. The largest absolute Gasteiger partial charge is 0.465 e. The fraction of sp³-hybridized carbons (Fsp3) is 0.462. The Morgan fingerprint density at radius 3 is 2.45 bits per heavy atom. The number of ether oxygens (including phenoxy) is 1. The van der Waals surface area contributed by atoms with E-state index in [1.807, 2.05) is 35.2 Å².